The molecule has 0 aromatic carbocycles. The molecule has 1 aliphatic carbocycles. The first-order chi connectivity index (χ1) is 12.5. The van der Waals surface area contributed by atoms with E-state index in [1.807, 2.05) is 25.1 Å². The van der Waals surface area contributed by atoms with Gasteiger partial charge in [-0.15, -0.1) is 11.3 Å². The van der Waals surface area contributed by atoms with Crippen LogP contribution in [0.25, 0.3) is 10.6 Å². The van der Waals surface area contributed by atoms with Gasteiger partial charge in [0.25, 0.3) is 0 Å². The quantitative estimate of drug-likeness (QED) is 0.763. The maximum atomic E-state index is 11.8. The van der Waals surface area contributed by atoms with Crippen molar-refractivity contribution in [3.05, 3.63) is 33.8 Å². The number of esters is 1. The predicted octanol–water partition coefficient (Wildman–Crippen LogP) is 4.34. The normalized spacial score (nSPS) is 20.0. The molecule has 0 radical (unpaired) electrons. The first kappa shape index (κ1) is 19.1. The van der Waals surface area contributed by atoms with Crippen LogP contribution < -0.4 is 10.5 Å². The second kappa shape index (κ2) is 8.37. The molecular formula is C19H23ClN2O3S. The summed E-state index contributed by atoms with van der Waals surface area (Å²) < 4.78 is 11.7. The number of pyridine rings is 1. The van der Waals surface area contributed by atoms with Crippen LogP contribution >= 0.6 is 22.9 Å². The third-order valence-electron chi connectivity index (χ3n) is 4.72. The fraction of sp³-hybridized carbons (Fsp3) is 0.474. The van der Waals surface area contributed by atoms with Crippen molar-refractivity contribution < 1.29 is 14.3 Å². The molecule has 0 amide bonds. The molecule has 0 spiro atoms. The molecule has 2 heterocycles. The molecule has 2 atom stereocenters. The van der Waals surface area contributed by atoms with Crippen LogP contribution in [-0.2, 0) is 16.1 Å². The van der Waals surface area contributed by atoms with Crippen LogP contribution in [0, 0.1) is 12.8 Å². The van der Waals surface area contributed by atoms with Gasteiger partial charge in [0.2, 0.25) is 0 Å². The zero-order valence-electron chi connectivity index (χ0n) is 15.0. The van der Waals surface area contributed by atoms with Crippen molar-refractivity contribution in [2.45, 2.75) is 45.3 Å². The van der Waals surface area contributed by atoms with Crippen LogP contribution in [0.3, 0.4) is 0 Å². The lowest BCUT2D eigenvalue weighted by Crippen LogP contribution is -2.30. The molecule has 0 bridgehead atoms. The van der Waals surface area contributed by atoms with Gasteiger partial charge in [-0.3, -0.25) is 4.79 Å². The molecule has 0 saturated heterocycles. The number of hydrogen-bond donors (Lipinski definition) is 1. The van der Waals surface area contributed by atoms with Crippen molar-refractivity contribution in [1.29, 1.82) is 0 Å². The summed E-state index contributed by atoms with van der Waals surface area (Å²) in [6.45, 7) is 2.35. The van der Waals surface area contributed by atoms with Crippen LogP contribution in [0.15, 0.2) is 18.2 Å². The summed E-state index contributed by atoms with van der Waals surface area (Å²) in [6, 6.07) is 5.76. The van der Waals surface area contributed by atoms with Gasteiger partial charge in [0.15, 0.2) is 0 Å². The number of carbonyl (C=O) groups excluding carboxylic acids is 1. The van der Waals surface area contributed by atoms with E-state index in [4.69, 9.17) is 26.8 Å². The Hall–Kier alpha value is -1.63. The van der Waals surface area contributed by atoms with E-state index in [2.05, 4.69) is 4.98 Å². The highest BCUT2D eigenvalue weighted by molar-refractivity contribution is 7.19. The Morgan fingerprint density at radius 3 is 2.92 bits per heavy atom. The van der Waals surface area contributed by atoms with Crippen LogP contribution in [0.5, 0.6) is 5.75 Å². The van der Waals surface area contributed by atoms with Crippen molar-refractivity contribution in [2.75, 3.05) is 7.11 Å². The van der Waals surface area contributed by atoms with Crippen LogP contribution in [0.1, 0.15) is 36.9 Å². The fourth-order valence-corrected chi connectivity index (χ4v) is 4.63. The maximum absolute atomic E-state index is 11.8. The van der Waals surface area contributed by atoms with Gasteiger partial charge >= 0.3 is 5.97 Å². The largest absolute Gasteiger partial charge is 0.489 e. The van der Waals surface area contributed by atoms with Gasteiger partial charge in [-0.1, -0.05) is 11.6 Å². The van der Waals surface area contributed by atoms with E-state index in [1.165, 1.54) is 18.4 Å². The molecule has 3 rings (SSSR count). The lowest BCUT2D eigenvalue weighted by molar-refractivity contribution is -0.147. The number of hydrogen-bond acceptors (Lipinski definition) is 6. The molecule has 2 N–H and O–H groups in total. The van der Waals surface area contributed by atoms with Crippen molar-refractivity contribution >= 4 is 28.9 Å². The minimum Gasteiger partial charge on any atom is -0.489 e. The number of nitrogens with two attached hydrogens (primary N) is 1. The number of aryl methyl sites for hydroxylation is 1. The van der Waals surface area contributed by atoms with Crippen molar-refractivity contribution in [3.8, 4) is 16.3 Å². The van der Waals surface area contributed by atoms with Crippen molar-refractivity contribution in [2.24, 2.45) is 11.7 Å². The van der Waals surface area contributed by atoms with E-state index in [-0.39, 0.29) is 18.0 Å². The SMILES string of the molecule is COC(=O)[C@H]1CCC[C@H](Oc2ccc(-c3sc(Cl)cc3CN)nc2C)C1. The van der Waals surface area contributed by atoms with Gasteiger partial charge in [-0.25, -0.2) is 4.98 Å². The van der Waals surface area contributed by atoms with Gasteiger partial charge in [0.1, 0.15) is 5.75 Å². The summed E-state index contributed by atoms with van der Waals surface area (Å²) in [4.78, 5) is 17.5. The third kappa shape index (κ3) is 4.19. The molecule has 140 valence electrons. The smallest absolute Gasteiger partial charge is 0.308 e. The molecule has 2 aromatic heterocycles. The monoisotopic (exact) mass is 394 g/mol. The highest BCUT2D eigenvalue weighted by atomic mass is 35.5. The van der Waals surface area contributed by atoms with E-state index in [1.54, 1.807) is 0 Å². The second-order valence-electron chi connectivity index (χ2n) is 6.52. The number of rotatable bonds is 5. The Morgan fingerprint density at radius 1 is 1.42 bits per heavy atom. The van der Waals surface area contributed by atoms with Crippen molar-refractivity contribution in [3.63, 3.8) is 0 Å². The fourth-order valence-electron chi connectivity index (χ4n) is 3.38. The highest BCUT2D eigenvalue weighted by Crippen LogP contribution is 2.36. The summed E-state index contributed by atoms with van der Waals surface area (Å²) >= 11 is 7.60. The van der Waals surface area contributed by atoms with E-state index in [0.717, 1.165) is 46.8 Å². The Balaban J connectivity index is 1.75. The number of ether oxygens (including phenoxy) is 2. The molecule has 1 fully saturated rings. The topological polar surface area (TPSA) is 74.4 Å². The van der Waals surface area contributed by atoms with E-state index in [0.29, 0.717) is 17.3 Å². The lowest BCUT2D eigenvalue weighted by atomic mass is 9.87. The van der Waals surface area contributed by atoms with Gasteiger partial charge in [-0.2, -0.15) is 0 Å². The molecular weight excluding hydrogens is 372 g/mol. The minimum absolute atomic E-state index is 0.00925. The van der Waals surface area contributed by atoms with E-state index in [9.17, 15) is 4.79 Å². The van der Waals surface area contributed by atoms with Gasteiger partial charge < -0.3 is 15.2 Å². The molecule has 2 aromatic rings. The number of carbonyl (C=O) groups is 1. The standard InChI is InChI=1S/C19H23ClN2O3S/c1-11-16(25-14-5-3-4-12(8-14)19(23)24-2)7-6-15(22-11)18-13(10-21)9-17(20)26-18/h6-7,9,12,14H,3-5,8,10,21H2,1-2H3/t12-,14-/m0/s1. The number of nitrogens with zero attached hydrogens (tertiary/aromatic N) is 1. The molecule has 0 aliphatic heterocycles. The Morgan fingerprint density at radius 2 is 2.23 bits per heavy atom. The Bertz CT molecular complexity index is 793. The third-order valence-corrected chi connectivity index (χ3v) is 6.05. The van der Waals surface area contributed by atoms with E-state index >= 15 is 0 Å². The minimum atomic E-state index is -0.146. The van der Waals surface area contributed by atoms with Gasteiger partial charge in [0.05, 0.1) is 39.7 Å². The summed E-state index contributed by atoms with van der Waals surface area (Å²) in [5.41, 5.74) is 8.46. The molecule has 26 heavy (non-hydrogen) atoms. The summed E-state index contributed by atoms with van der Waals surface area (Å²) in [5.74, 6) is 0.528. The summed E-state index contributed by atoms with van der Waals surface area (Å²) in [6.07, 6.45) is 3.46. The number of halogens is 1. The van der Waals surface area contributed by atoms with Crippen LogP contribution in [0.2, 0.25) is 4.34 Å². The summed E-state index contributed by atoms with van der Waals surface area (Å²) in [5, 5.41) is 0. The van der Waals surface area contributed by atoms with Crippen molar-refractivity contribution in [1.82, 2.24) is 4.98 Å². The average molecular weight is 395 g/mol. The van der Waals surface area contributed by atoms with Gasteiger partial charge in [0, 0.05) is 6.54 Å². The number of aromatic nitrogens is 1. The second-order valence-corrected chi connectivity index (χ2v) is 8.20. The first-order valence-corrected chi connectivity index (χ1v) is 9.92. The Kier molecular flexibility index (Phi) is 6.16. The highest BCUT2D eigenvalue weighted by Gasteiger charge is 2.29. The van der Waals surface area contributed by atoms with E-state index < -0.39 is 0 Å². The molecule has 5 nitrogen and oxygen atoms in total. The maximum Gasteiger partial charge on any atom is 0.308 e. The van der Waals surface area contributed by atoms with Crippen LogP contribution in [-0.4, -0.2) is 24.2 Å². The van der Waals surface area contributed by atoms with Crippen LogP contribution in [0.4, 0.5) is 0 Å². The van der Waals surface area contributed by atoms with Gasteiger partial charge in [-0.05, 0) is 56.4 Å². The molecule has 0 unspecified atom stereocenters. The Labute approximate surface area is 162 Å². The average Bonchev–Trinajstić information content (AvgIpc) is 3.04. The molecule has 7 heteroatoms. The number of methoxy groups -OCH3 is 1. The zero-order chi connectivity index (χ0) is 18.7. The summed E-state index contributed by atoms with van der Waals surface area (Å²) in [7, 11) is 1.44. The molecule has 1 aliphatic rings. The molecule has 1 saturated carbocycles. The number of thiophene rings is 1. The first-order valence-electron chi connectivity index (χ1n) is 8.72. The lowest BCUT2D eigenvalue weighted by Gasteiger charge is -2.28. The zero-order valence-corrected chi connectivity index (χ0v) is 16.5. The predicted molar refractivity (Wildman–Crippen MR) is 104 cm³/mol.